The van der Waals surface area contributed by atoms with Crippen LogP contribution in [0.3, 0.4) is 0 Å². The highest BCUT2D eigenvalue weighted by Crippen LogP contribution is 2.14. The van der Waals surface area contributed by atoms with E-state index in [0.29, 0.717) is 0 Å². The van der Waals surface area contributed by atoms with Gasteiger partial charge in [-0.3, -0.25) is 14.4 Å². The molecular formula is C37H70O6. The van der Waals surface area contributed by atoms with Crippen molar-refractivity contribution < 1.29 is 28.6 Å². The molecule has 0 aromatic heterocycles. The maximum Gasteiger partial charge on any atom is 0.331 e. The Balaban J connectivity index is 4.42. The molecule has 0 atom stereocenters. The van der Waals surface area contributed by atoms with Crippen LogP contribution in [0.2, 0.25) is 0 Å². The summed E-state index contributed by atoms with van der Waals surface area (Å²) in [6.07, 6.45) is 31.2. The van der Waals surface area contributed by atoms with Crippen LogP contribution in [-0.2, 0) is 28.6 Å². The fraction of sp³-hybridized carbons (Fsp3) is 0.919. The first-order chi connectivity index (χ1) is 21.1. The first-order valence-electron chi connectivity index (χ1n) is 18.6. The van der Waals surface area contributed by atoms with Gasteiger partial charge in [0.2, 0.25) is 0 Å². The van der Waals surface area contributed by atoms with Crippen molar-refractivity contribution in [3.8, 4) is 0 Å². The third kappa shape index (κ3) is 27.7. The van der Waals surface area contributed by atoms with Gasteiger partial charge in [0.15, 0.2) is 0 Å². The minimum Gasteiger partial charge on any atom is -0.465 e. The van der Waals surface area contributed by atoms with Gasteiger partial charge in [-0.1, -0.05) is 175 Å². The van der Waals surface area contributed by atoms with Crippen LogP contribution >= 0.6 is 0 Å². The van der Waals surface area contributed by atoms with Crippen molar-refractivity contribution in [3.63, 3.8) is 0 Å². The molecule has 0 saturated carbocycles. The summed E-state index contributed by atoms with van der Waals surface area (Å²) in [5.41, 5.74) is 0. The van der Waals surface area contributed by atoms with Gasteiger partial charge in [-0.2, -0.15) is 0 Å². The number of carbonyl (C=O) groups is 3. The van der Waals surface area contributed by atoms with Crippen LogP contribution in [0.5, 0.6) is 0 Å². The van der Waals surface area contributed by atoms with Gasteiger partial charge in [-0.25, -0.2) is 0 Å². The van der Waals surface area contributed by atoms with E-state index in [0.717, 1.165) is 57.8 Å². The SMILES string of the molecule is CCCCCCCCCCCOC(=O)C(C(=O)OCCCCCCCCCCC)C(=O)OCCCCCCCCCCC. The van der Waals surface area contributed by atoms with Crippen molar-refractivity contribution in [2.75, 3.05) is 19.8 Å². The van der Waals surface area contributed by atoms with Crippen LogP contribution in [0.25, 0.3) is 0 Å². The van der Waals surface area contributed by atoms with Crippen molar-refractivity contribution >= 4 is 17.9 Å². The van der Waals surface area contributed by atoms with E-state index in [2.05, 4.69) is 20.8 Å². The number of hydrogen-bond donors (Lipinski definition) is 0. The third-order valence-electron chi connectivity index (χ3n) is 8.18. The van der Waals surface area contributed by atoms with E-state index >= 15 is 0 Å². The average molecular weight is 611 g/mol. The summed E-state index contributed by atoms with van der Waals surface area (Å²) in [4.78, 5) is 38.4. The smallest absolute Gasteiger partial charge is 0.331 e. The Bertz CT molecular complexity index is 549. The highest BCUT2D eigenvalue weighted by molar-refractivity contribution is 6.12. The second-order valence-electron chi connectivity index (χ2n) is 12.4. The standard InChI is InChI=1S/C37H70O6/c1-4-7-10-13-16-19-22-25-28-31-41-35(38)34(36(39)42-32-29-26-23-20-17-14-11-8-5-2)37(40)43-33-30-27-24-21-18-15-12-9-6-3/h34H,4-33H2,1-3H3. The molecule has 6 nitrogen and oxygen atoms in total. The third-order valence-corrected chi connectivity index (χ3v) is 8.18. The molecule has 0 rings (SSSR count). The van der Waals surface area contributed by atoms with Gasteiger partial charge in [0.25, 0.3) is 5.92 Å². The topological polar surface area (TPSA) is 78.9 Å². The molecule has 0 aromatic rings. The van der Waals surface area contributed by atoms with Gasteiger partial charge in [0.1, 0.15) is 0 Å². The van der Waals surface area contributed by atoms with Gasteiger partial charge < -0.3 is 14.2 Å². The molecule has 0 heterocycles. The summed E-state index contributed by atoms with van der Waals surface area (Å²) in [5, 5.41) is 0. The Kier molecular flexibility index (Phi) is 32.1. The number of ether oxygens (including phenoxy) is 3. The lowest BCUT2D eigenvalue weighted by Gasteiger charge is -2.15. The van der Waals surface area contributed by atoms with Crippen LogP contribution in [0.4, 0.5) is 0 Å². The monoisotopic (exact) mass is 611 g/mol. The summed E-state index contributed by atoms with van der Waals surface area (Å²) in [7, 11) is 0. The molecule has 0 saturated heterocycles. The summed E-state index contributed by atoms with van der Waals surface area (Å²) in [6.45, 7) is 7.30. The molecule has 0 aliphatic heterocycles. The van der Waals surface area contributed by atoms with Crippen molar-refractivity contribution in [3.05, 3.63) is 0 Å². The quantitative estimate of drug-likeness (QED) is 0.0318. The van der Waals surface area contributed by atoms with E-state index in [4.69, 9.17) is 14.2 Å². The van der Waals surface area contributed by atoms with E-state index in [9.17, 15) is 14.4 Å². The summed E-state index contributed by atoms with van der Waals surface area (Å²) in [6, 6.07) is 0. The molecule has 0 N–H and O–H groups in total. The number of esters is 3. The highest BCUT2D eigenvalue weighted by atomic mass is 16.6. The summed E-state index contributed by atoms with van der Waals surface area (Å²) in [5.74, 6) is -4.16. The van der Waals surface area contributed by atoms with E-state index in [-0.39, 0.29) is 19.8 Å². The molecular weight excluding hydrogens is 540 g/mol. The normalized spacial score (nSPS) is 11.2. The van der Waals surface area contributed by atoms with Crippen LogP contribution in [0.1, 0.15) is 194 Å². The van der Waals surface area contributed by atoms with Crippen molar-refractivity contribution in [2.24, 2.45) is 5.92 Å². The zero-order valence-corrected chi connectivity index (χ0v) is 28.7. The van der Waals surface area contributed by atoms with Gasteiger partial charge in [0, 0.05) is 0 Å². The van der Waals surface area contributed by atoms with Crippen LogP contribution in [0, 0.1) is 5.92 Å². The van der Waals surface area contributed by atoms with Crippen molar-refractivity contribution in [2.45, 2.75) is 194 Å². The van der Waals surface area contributed by atoms with Gasteiger partial charge in [-0.15, -0.1) is 0 Å². The number of unbranched alkanes of at least 4 members (excludes halogenated alkanes) is 24. The average Bonchev–Trinajstić information content (AvgIpc) is 3.00. The number of hydrogen-bond acceptors (Lipinski definition) is 6. The van der Waals surface area contributed by atoms with E-state index in [1.807, 2.05) is 0 Å². The number of carbonyl (C=O) groups excluding carboxylic acids is 3. The lowest BCUT2D eigenvalue weighted by molar-refractivity contribution is -0.172. The van der Waals surface area contributed by atoms with E-state index in [1.54, 1.807) is 0 Å². The van der Waals surface area contributed by atoms with Crippen molar-refractivity contribution in [1.82, 2.24) is 0 Å². The summed E-state index contributed by atoms with van der Waals surface area (Å²) >= 11 is 0. The molecule has 43 heavy (non-hydrogen) atoms. The van der Waals surface area contributed by atoms with Gasteiger partial charge in [0.05, 0.1) is 19.8 Å². The Hall–Kier alpha value is -1.59. The maximum atomic E-state index is 12.8. The highest BCUT2D eigenvalue weighted by Gasteiger charge is 2.38. The molecule has 0 spiro atoms. The van der Waals surface area contributed by atoms with Gasteiger partial charge >= 0.3 is 17.9 Å². The number of rotatable bonds is 33. The van der Waals surface area contributed by atoms with Crippen LogP contribution in [0.15, 0.2) is 0 Å². The van der Waals surface area contributed by atoms with Crippen LogP contribution in [-0.4, -0.2) is 37.7 Å². The zero-order valence-electron chi connectivity index (χ0n) is 28.7. The Morgan fingerprint density at radius 1 is 0.326 bits per heavy atom. The predicted octanol–water partition coefficient (Wildman–Crippen LogP) is 10.8. The molecule has 6 heteroatoms. The molecule has 0 amide bonds. The second-order valence-corrected chi connectivity index (χ2v) is 12.4. The molecule has 0 radical (unpaired) electrons. The minimum atomic E-state index is -1.64. The largest absolute Gasteiger partial charge is 0.465 e. The van der Waals surface area contributed by atoms with Crippen molar-refractivity contribution in [1.29, 1.82) is 0 Å². The van der Waals surface area contributed by atoms with Gasteiger partial charge in [-0.05, 0) is 19.3 Å². The fourth-order valence-corrected chi connectivity index (χ4v) is 5.30. The minimum absolute atomic E-state index is 0.211. The molecule has 0 unspecified atom stereocenters. The predicted molar refractivity (Wildman–Crippen MR) is 178 cm³/mol. The maximum absolute atomic E-state index is 12.8. The molecule has 0 aliphatic rings. The first kappa shape index (κ1) is 41.4. The molecule has 0 fully saturated rings. The molecule has 0 aliphatic carbocycles. The van der Waals surface area contributed by atoms with Crippen LogP contribution < -0.4 is 0 Å². The fourth-order valence-electron chi connectivity index (χ4n) is 5.30. The lowest BCUT2D eigenvalue weighted by atomic mass is 10.1. The molecule has 0 aromatic carbocycles. The second kappa shape index (κ2) is 33.3. The van der Waals surface area contributed by atoms with E-state index in [1.165, 1.54) is 116 Å². The Morgan fingerprint density at radius 2 is 0.512 bits per heavy atom. The Labute approximate surface area is 266 Å². The summed E-state index contributed by atoms with van der Waals surface area (Å²) < 4.78 is 16.1. The Morgan fingerprint density at radius 3 is 0.721 bits per heavy atom. The lowest BCUT2D eigenvalue weighted by Crippen LogP contribution is -2.36. The zero-order chi connectivity index (χ0) is 31.6. The van der Waals surface area contributed by atoms with E-state index < -0.39 is 23.8 Å². The molecule has 0 bridgehead atoms. The molecule has 254 valence electrons. The first-order valence-corrected chi connectivity index (χ1v) is 18.6.